The summed E-state index contributed by atoms with van der Waals surface area (Å²) < 4.78 is 15.9. The fourth-order valence-electron chi connectivity index (χ4n) is 4.68. The summed E-state index contributed by atoms with van der Waals surface area (Å²) in [6.07, 6.45) is 3.91. The molecule has 2 radical (unpaired) electrons. The Morgan fingerprint density at radius 2 is 1.25 bits per heavy atom. The fraction of sp³-hybridized carbons (Fsp3) is 0.800. The van der Waals surface area contributed by atoms with E-state index in [9.17, 15) is 39.3 Å². The molecule has 0 saturated carbocycles. The normalized spacial score (nSPS) is 12.7. The minimum absolute atomic E-state index is 0.00475. The first kappa shape index (κ1) is 51.8. The first-order valence-electron chi connectivity index (χ1n) is 18.4. The smallest absolute Gasteiger partial charge is 0.320 e. The van der Waals surface area contributed by atoms with E-state index in [4.69, 9.17) is 32.3 Å². The van der Waals surface area contributed by atoms with Crippen molar-refractivity contribution < 1.29 is 63.7 Å². The number of hydrogen-bond donors (Lipinski definition) is 6. The van der Waals surface area contributed by atoms with E-state index in [1.807, 2.05) is 6.92 Å². The Balaban J connectivity index is 0. The predicted molar refractivity (Wildman–Crippen MR) is 199 cm³/mol. The molecule has 0 saturated heterocycles. The van der Waals surface area contributed by atoms with E-state index in [1.54, 1.807) is 21.6 Å². The van der Waals surface area contributed by atoms with Crippen molar-refractivity contribution in [2.45, 2.75) is 78.7 Å². The Morgan fingerprint density at radius 1 is 0.717 bits per heavy atom. The van der Waals surface area contributed by atoms with Gasteiger partial charge >= 0.3 is 17.9 Å². The van der Waals surface area contributed by atoms with Crippen LogP contribution in [0.1, 0.15) is 72.6 Å². The Bertz CT molecular complexity index is 1040. The number of carboxylic acid groups (broad SMARTS) is 3. The predicted octanol–water partition coefficient (Wildman–Crippen LogP) is 1.75. The lowest BCUT2D eigenvalue weighted by Gasteiger charge is -2.32. The molecular formula is C35H65BN4O13. The highest BCUT2D eigenvalue weighted by Gasteiger charge is 2.26. The standard InChI is InChI=1S/C31H57BN4O11.C4H8O2/c1-4-11-36(16-15-35(24-30(41)42)14-13-34(23-29(39)40)12-8-25(3)5-2)26(31(43)44)6-7-28(38)33-10-18-46-20-22-47-21-19-45-17-9-27(32)37;1-2-4(6)3-5/h25-26H,4-24H2,1-3H3,(H,33,38)(H,39,40)(H,41,42)(H,43,44);3,5-6H,2H2,1H3. The highest BCUT2D eigenvalue weighted by Crippen LogP contribution is 2.11. The molecule has 1 amide bonds. The molecule has 0 aromatic rings. The molecule has 2 unspecified atom stereocenters. The maximum Gasteiger partial charge on any atom is 0.320 e. The third-order valence-electron chi connectivity index (χ3n) is 7.99. The molecule has 0 aromatic heterocycles. The van der Waals surface area contributed by atoms with Crippen LogP contribution in [0.3, 0.4) is 0 Å². The fourth-order valence-corrected chi connectivity index (χ4v) is 4.68. The van der Waals surface area contributed by atoms with E-state index < -0.39 is 29.6 Å². The van der Waals surface area contributed by atoms with Gasteiger partial charge in [0.1, 0.15) is 18.1 Å². The highest BCUT2D eigenvalue weighted by molar-refractivity contribution is 6.57. The number of carboxylic acids is 3. The van der Waals surface area contributed by atoms with Gasteiger partial charge in [-0.1, -0.05) is 34.1 Å². The van der Waals surface area contributed by atoms with Crippen molar-refractivity contribution in [3.05, 3.63) is 12.0 Å². The summed E-state index contributed by atoms with van der Waals surface area (Å²) in [5, 5.41) is 47.7. The van der Waals surface area contributed by atoms with Gasteiger partial charge in [-0.05, 0) is 38.3 Å². The maximum absolute atomic E-state index is 12.4. The molecule has 0 spiro atoms. The second kappa shape index (κ2) is 34.5. The molecular weight excluding hydrogens is 695 g/mol. The molecule has 0 aliphatic rings. The SMILES string of the molecule is CCC(O)=CO.[B]C(=O)CCOCCOCCOCCNC(=O)CCC(C(=O)O)N(CCC)CCN(CCN(CCC(C)CC)CC(=O)O)CC(=O)O. The average molecular weight is 761 g/mol. The topological polar surface area (TPSA) is 236 Å². The second-order valence-electron chi connectivity index (χ2n) is 12.4. The summed E-state index contributed by atoms with van der Waals surface area (Å²) in [5.74, 6) is -2.87. The lowest BCUT2D eigenvalue weighted by Crippen LogP contribution is -2.48. The third-order valence-corrected chi connectivity index (χ3v) is 7.99. The molecule has 0 aliphatic carbocycles. The Labute approximate surface area is 316 Å². The summed E-state index contributed by atoms with van der Waals surface area (Å²) in [5.41, 5.74) is -0.424. The van der Waals surface area contributed by atoms with Gasteiger partial charge in [0, 0.05) is 52.0 Å². The lowest BCUT2D eigenvalue weighted by molar-refractivity contribution is -0.144. The zero-order valence-electron chi connectivity index (χ0n) is 32.2. The number of aliphatic hydroxyl groups excluding tert-OH is 2. The van der Waals surface area contributed by atoms with Gasteiger partial charge in [0.25, 0.3) is 0 Å². The van der Waals surface area contributed by atoms with Crippen LogP contribution in [0.5, 0.6) is 0 Å². The number of aliphatic carboxylic acids is 3. The zero-order valence-corrected chi connectivity index (χ0v) is 32.2. The van der Waals surface area contributed by atoms with Gasteiger partial charge in [0.2, 0.25) is 5.91 Å². The highest BCUT2D eigenvalue weighted by atomic mass is 16.5. The van der Waals surface area contributed by atoms with Crippen molar-refractivity contribution in [1.29, 1.82) is 0 Å². The number of rotatable bonds is 34. The van der Waals surface area contributed by atoms with Gasteiger partial charge in [0.15, 0.2) is 7.85 Å². The van der Waals surface area contributed by atoms with Crippen LogP contribution in [0.15, 0.2) is 12.0 Å². The Morgan fingerprint density at radius 3 is 1.70 bits per heavy atom. The third kappa shape index (κ3) is 33.1. The summed E-state index contributed by atoms with van der Waals surface area (Å²) in [6, 6.07) is -0.931. The number of amides is 1. The van der Waals surface area contributed by atoms with Gasteiger partial charge in [-0.15, -0.1) is 0 Å². The number of ether oxygens (including phenoxy) is 3. The van der Waals surface area contributed by atoms with Crippen LogP contribution in [-0.2, 0) is 38.2 Å². The van der Waals surface area contributed by atoms with E-state index in [0.29, 0.717) is 77.6 Å². The molecule has 0 aromatic carbocycles. The van der Waals surface area contributed by atoms with Crippen molar-refractivity contribution >= 4 is 37.3 Å². The first-order valence-corrected chi connectivity index (χ1v) is 18.4. The summed E-state index contributed by atoms with van der Waals surface area (Å²) in [7, 11) is 5.02. The number of nitrogens with zero attached hydrogens (tertiary/aromatic N) is 3. The molecule has 0 fully saturated rings. The quantitative estimate of drug-likeness (QED) is 0.0311. The Kier molecular flexibility index (Phi) is 33.7. The van der Waals surface area contributed by atoms with Crippen molar-refractivity contribution in [2.24, 2.45) is 5.92 Å². The Hall–Kier alpha value is -3.29. The second-order valence-corrected chi connectivity index (χ2v) is 12.4. The van der Waals surface area contributed by atoms with Crippen LogP contribution in [0, 0.1) is 5.92 Å². The molecule has 0 rings (SSSR count). The van der Waals surface area contributed by atoms with Gasteiger partial charge < -0.3 is 49.9 Å². The van der Waals surface area contributed by atoms with Crippen molar-refractivity contribution in [3.8, 4) is 0 Å². The summed E-state index contributed by atoms with van der Waals surface area (Å²) >= 11 is 0. The maximum atomic E-state index is 12.4. The molecule has 17 nitrogen and oxygen atoms in total. The van der Waals surface area contributed by atoms with Crippen molar-refractivity contribution in [2.75, 3.05) is 98.5 Å². The van der Waals surface area contributed by atoms with E-state index in [-0.39, 0.29) is 76.9 Å². The molecule has 18 heteroatoms. The van der Waals surface area contributed by atoms with Crippen LogP contribution in [0.25, 0.3) is 0 Å². The van der Waals surface area contributed by atoms with Gasteiger partial charge in [-0.2, -0.15) is 0 Å². The van der Waals surface area contributed by atoms with Crippen LogP contribution in [0.2, 0.25) is 0 Å². The van der Waals surface area contributed by atoms with Gasteiger partial charge in [-0.25, -0.2) is 0 Å². The van der Waals surface area contributed by atoms with Gasteiger partial charge in [-0.3, -0.25) is 33.9 Å². The zero-order chi connectivity index (χ0) is 40.4. The molecule has 53 heavy (non-hydrogen) atoms. The van der Waals surface area contributed by atoms with Crippen LogP contribution >= 0.6 is 0 Å². The number of hydrogen-bond acceptors (Lipinski definition) is 13. The minimum atomic E-state index is -1.06. The van der Waals surface area contributed by atoms with Crippen molar-refractivity contribution in [3.63, 3.8) is 0 Å². The van der Waals surface area contributed by atoms with Crippen molar-refractivity contribution in [1.82, 2.24) is 20.0 Å². The van der Waals surface area contributed by atoms with Crippen LogP contribution in [-0.4, -0.2) is 182 Å². The molecule has 0 heterocycles. The monoisotopic (exact) mass is 760 g/mol. The minimum Gasteiger partial charge on any atom is -0.512 e. The van der Waals surface area contributed by atoms with E-state index in [0.717, 1.165) is 12.8 Å². The first-order chi connectivity index (χ1) is 25.2. The largest absolute Gasteiger partial charge is 0.512 e. The number of allylic oxidation sites excluding steroid dienone is 1. The number of nitrogens with one attached hydrogen (secondary N) is 1. The van der Waals surface area contributed by atoms with E-state index in [2.05, 4.69) is 19.2 Å². The lowest BCUT2D eigenvalue weighted by atomic mass is 10.0. The molecule has 6 N–H and O–H groups in total. The number of aliphatic hydroxyl groups is 2. The molecule has 0 bridgehead atoms. The number of carbonyl (C=O) groups excluding carboxylic acids is 2. The average Bonchev–Trinajstić information content (AvgIpc) is 3.10. The van der Waals surface area contributed by atoms with Crippen LogP contribution in [0.4, 0.5) is 0 Å². The summed E-state index contributed by atoms with van der Waals surface area (Å²) in [6.45, 7) is 11.8. The number of carbonyl (C=O) groups is 5. The molecule has 306 valence electrons. The van der Waals surface area contributed by atoms with Gasteiger partial charge in [0.05, 0.1) is 58.4 Å². The van der Waals surface area contributed by atoms with E-state index >= 15 is 0 Å². The molecule has 0 aliphatic heterocycles. The summed E-state index contributed by atoms with van der Waals surface area (Å²) in [4.78, 5) is 63.5. The van der Waals surface area contributed by atoms with E-state index in [1.165, 1.54) is 0 Å². The van der Waals surface area contributed by atoms with Crippen LogP contribution < -0.4 is 5.32 Å². The molecule has 2 atom stereocenters.